The SMILES string of the molecule is N#Cc1ccccc1Nc1ccc(NC(=O)c2ccc(Cl)cc2)cn1. The first kappa shape index (κ1) is 16.5. The van der Waals surface area contributed by atoms with E-state index in [9.17, 15) is 4.79 Å². The van der Waals surface area contributed by atoms with Gasteiger partial charge in [-0.05, 0) is 48.5 Å². The fourth-order valence-electron chi connectivity index (χ4n) is 2.17. The number of aromatic nitrogens is 1. The minimum absolute atomic E-state index is 0.242. The zero-order valence-electron chi connectivity index (χ0n) is 13.0. The number of carbonyl (C=O) groups is 1. The molecule has 1 heterocycles. The molecular formula is C19H13ClN4O. The van der Waals surface area contributed by atoms with E-state index in [2.05, 4.69) is 21.7 Å². The van der Waals surface area contributed by atoms with Gasteiger partial charge in [0.15, 0.2) is 0 Å². The molecule has 0 saturated heterocycles. The Morgan fingerprint density at radius 1 is 1.04 bits per heavy atom. The molecule has 0 spiro atoms. The Hall–Kier alpha value is -3.36. The standard InChI is InChI=1S/C19H13ClN4O/c20-15-7-5-13(6-8-15)19(25)23-16-9-10-18(22-12-16)24-17-4-2-1-3-14(17)11-21/h1-10,12H,(H,22,24)(H,23,25). The highest BCUT2D eigenvalue weighted by molar-refractivity contribution is 6.30. The van der Waals surface area contributed by atoms with E-state index in [-0.39, 0.29) is 5.91 Å². The Balaban J connectivity index is 1.69. The number of hydrogen-bond acceptors (Lipinski definition) is 4. The average molecular weight is 349 g/mol. The predicted molar refractivity (Wildman–Crippen MR) is 98.1 cm³/mol. The van der Waals surface area contributed by atoms with Gasteiger partial charge in [-0.1, -0.05) is 23.7 Å². The maximum absolute atomic E-state index is 12.2. The molecule has 0 saturated carbocycles. The zero-order chi connectivity index (χ0) is 17.6. The molecular weight excluding hydrogens is 336 g/mol. The van der Waals surface area contributed by atoms with Crippen molar-refractivity contribution in [2.45, 2.75) is 0 Å². The van der Waals surface area contributed by atoms with E-state index in [1.807, 2.05) is 6.07 Å². The number of carbonyl (C=O) groups excluding carboxylic acids is 1. The van der Waals surface area contributed by atoms with Crippen LogP contribution in [0.15, 0.2) is 66.9 Å². The highest BCUT2D eigenvalue weighted by Crippen LogP contribution is 2.20. The number of para-hydroxylation sites is 1. The number of nitriles is 1. The van der Waals surface area contributed by atoms with E-state index in [4.69, 9.17) is 16.9 Å². The molecule has 0 atom stereocenters. The van der Waals surface area contributed by atoms with Crippen LogP contribution in [0.2, 0.25) is 5.02 Å². The van der Waals surface area contributed by atoms with Crippen LogP contribution < -0.4 is 10.6 Å². The largest absolute Gasteiger partial charge is 0.339 e. The maximum atomic E-state index is 12.2. The first-order valence-corrected chi connectivity index (χ1v) is 7.82. The van der Waals surface area contributed by atoms with Gasteiger partial charge in [0.2, 0.25) is 0 Å². The van der Waals surface area contributed by atoms with Crippen molar-refractivity contribution in [3.05, 3.63) is 83.0 Å². The number of nitrogens with zero attached hydrogens (tertiary/aromatic N) is 2. The lowest BCUT2D eigenvalue weighted by molar-refractivity contribution is 0.102. The van der Waals surface area contributed by atoms with Crippen LogP contribution in [0.3, 0.4) is 0 Å². The number of pyridine rings is 1. The van der Waals surface area contributed by atoms with Crippen molar-refractivity contribution >= 4 is 34.7 Å². The molecule has 5 nitrogen and oxygen atoms in total. The normalized spacial score (nSPS) is 9.92. The van der Waals surface area contributed by atoms with Crippen molar-refractivity contribution < 1.29 is 4.79 Å². The third-order valence-electron chi connectivity index (χ3n) is 3.44. The van der Waals surface area contributed by atoms with E-state index >= 15 is 0 Å². The van der Waals surface area contributed by atoms with Gasteiger partial charge in [-0.3, -0.25) is 4.79 Å². The molecule has 0 fully saturated rings. The monoisotopic (exact) mass is 348 g/mol. The summed E-state index contributed by atoms with van der Waals surface area (Å²) in [6, 6.07) is 19.4. The summed E-state index contributed by atoms with van der Waals surface area (Å²) >= 11 is 5.81. The van der Waals surface area contributed by atoms with E-state index in [1.165, 1.54) is 0 Å². The summed E-state index contributed by atoms with van der Waals surface area (Å²) in [6.07, 6.45) is 1.55. The highest BCUT2D eigenvalue weighted by atomic mass is 35.5. The van der Waals surface area contributed by atoms with Crippen LogP contribution in [-0.2, 0) is 0 Å². The Kier molecular flexibility index (Phi) is 4.93. The van der Waals surface area contributed by atoms with Gasteiger partial charge < -0.3 is 10.6 Å². The van der Waals surface area contributed by atoms with Crippen LogP contribution in [0.25, 0.3) is 0 Å². The topological polar surface area (TPSA) is 77.8 Å². The number of anilines is 3. The van der Waals surface area contributed by atoms with Crippen molar-refractivity contribution in [2.24, 2.45) is 0 Å². The molecule has 2 N–H and O–H groups in total. The smallest absolute Gasteiger partial charge is 0.255 e. The Labute approximate surface area is 149 Å². The average Bonchev–Trinajstić information content (AvgIpc) is 2.64. The molecule has 3 aromatic rings. The summed E-state index contributed by atoms with van der Waals surface area (Å²) in [5.74, 6) is 0.334. The number of halogens is 1. The lowest BCUT2D eigenvalue weighted by atomic mass is 10.2. The molecule has 2 aromatic carbocycles. The summed E-state index contributed by atoms with van der Waals surface area (Å²) in [4.78, 5) is 16.4. The van der Waals surface area contributed by atoms with Gasteiger partial charge in [-0.25, -0.2) is 4.98 Å². The quantitative estimate of drug-likeness (QED) is 0.722. The van der Waals surface area contributed by atoms with Crippen molar-refractivity contribution in [1.82, 2.24) is 4.98 Å². The van der Waals surface area contributed by atoms with Gasteiger partial charge in [-0.2, -0.15) is 5.26 Å². The molecule has 0 radical (unpaired) electrons. The van der Waals surface area contributed by atoms with Crippen LogP contribution in [-0.4, -0.2) is 10.9 Å². The number of rotatable bonds is 4. The summed E-state index contributed by atoms with van der Waals surface area (Å²) in [5, 5.41) is 15.5. The number of hydrogen-bond donors (Lipinski definition) is 2. The minimum Gasteiger partial charge on any atom is -0.339 e. The van der Waals surface area contributed by atoms with Crippen molar-refractivity contribution in [2.75, 3.05) is 10.6 Å². The Bertz CT molecular complexity index is 931. The fraction of sp³-hybridized carbons (Fsp3) is 0. The number of benzene rings is 2. The number of amides is 1. The fourth-order valence-corrected chi connectivity index (χ4v) is 2.30. The third kappa shape index (κ3) is 4.14. The first-order chi connectivity index (χ1) is 12.2. The van der Waals surface area contributed by atoms with Crippen LogP contribution >= 0.6 is 11.6 Å². The van der Waals surface area contributed by atoms with Gasteiger partial charge in [0.1, 0.15) is 11.9 Å². The van der Waals surface area contributed by atoms with Gasteiger partial charge in [-0.15, -0.1) is 0 Å². The van der Waals surface area contributed by atoms with Crippen molar-refractivity contribution in [1.29, 1.82) is 5.26 Å². The van der Waals surface area contributed by atoms with Crippen LogP contribution in [0, 0.1) is 11.3 Å². The summed E-state index contributed by atoms with van der Waals surface area (Å²) < 4.78 is 0. The Morgan fingerprint density at radius 3 is 2.48 bits per heavy atom. The second kappa shape index (κ2) is 7.47. The van der Waals surface area contributed by atoms with E-state index < -0.39 is 0 Å². The second-order valence-electron chi connectivity index (χ2n) is 5.18. The third-order valence-corrected chi connectivity index (χ3v) is 3.69. The van der Waals surface area contributed by atoms with Gasteiger partial charge in [0, 0.05) is 10.6 Å². The molecule has 6 heteroatoms. The van der Waals surface area contributed by atoms with Crippen molar-refractivity contribution in [3.63, 3.8) is 0 Å². The lowest BCUT2D eigenvalue weighted by Gasteiger charge is -2.09. The molecule has 0 bridgehead atoms. The first-order valence-electron chi connectivity index (χ1n) is 7.45. The van der Waals surface area contributed by atoms with E-state index in [0.29, 0.717) is 33.3 Å². The molecule has 1 amide bonds. The predicted octanol–water partition coefficient (Wildman–Crippen LogP) is 4.60. The van der Waals surface area contributed by atoms with Crippen LogP contribution in [0.4, 0.5) is 17.2 Å². The molecule has 3 rings (SSSR count). The molecule has 0 aliphatic carbocycles. The highest BCUT2D eigenvalue weighted by Gasteiger charge is 2.07. The summed E-state index contributed by atoms with van der Waals surface area (Å²) in [6.45, 7) is 0. The van der Waals surface area contributed by atoms with Crippen molar-refractivity contribution in [3.8, 4) is 6.07 Å². The van der Waals surface area contributed by atoms with E-state index in [0.717, 1.165) is 0 Å². The summed E-state index contributed by atoms with van der Waals surface area (Å²) in [7, 11) is 0. The number of nitrogens with one attached hydrogen (secondary N) is 2. The molecule has 122 valence electrons. The lowest BCUT2D eigenvalue weighted by Crippen LogP contribution is -2.11. The zero-order valence-corrected chi connectivity index (χ0v) is 13.8. The van der Waals surface area contributed by atoms with Gasteiger partial charge in [0.25, 0.3) is 5.91 Å². The summed E-state index contributed by atoms with van der Waals surface area (Å²) in [5.41, 5.74) is 2.29. The van der Waals surface area contributed by atoms with Gasteiger partial charge >= 0.3 is 0 Å². The van der Waals surface area contributed by atoms with Gasteiger partial charge in [0.05, 0.1) is 23.1 Å². The van der Waals surface area contributed by atoms with E-state index in [1.54, 1.807) is 60.8 Å². The van der Waals surface area contributed by atoms with Crippen LogP contribution in [0.5, 0.6) is 0 Å². The molecule has 0 aliphatic rings. The molecule has 1 aromatic heterocycles. The minimum atomic E-state index is -0.242. The molecule has 0 aliphatic heterocycles. The second-order valence-corrected chi connectivity index (χ2v) is 5.61. The molecule has 0 unspecified atom stereocenters. The molecule has 25 heavy (non-hydrogen) atoms. The van der Waals surface area contributed by atoms with Crippen LogP contribution in [0.1, 0.15) is 15.9 Å². The Morgan fingerprint density at radius 2 is 1.80 bits per heavy atom. The maximum Gasteiger partial charge on any atom is 0.255 e.